The zero-order chi connectivity index (χ0) is 10.6. The Kier molecular flexibility index (Phi) is 3.30. The van der Waals surface area contributed by atoms with Gasteiger partial charge in [-0.1, -0.05) is 0 Å². The molecule has 0 fully saturated rings. The minimum absolute atomic E-state index is 0.342. The quantitative estimate of drug-likeness (QED) is 0.286. The molecular formula is C9H13N3O2. The van der Waals surface area contributed by atoms with Crippen LogP contribution >= 0.6 is 0 Å². The number of anilines is 2. The van der Waals surface area contributed by atoms with Crippen LogP contribution in [0.1, 0.15) is 17.3 Å². The van der Waals surface area contributed by atoms with Crippen molar-refractivity contribution in [2.24, 2.45) is 5.84 Å². The minimum Gasteiger partial charge on any atom is -0.462 e. The molecule has 5 nitrogen and oxygen atoms in total. The topological polar surface area (TPSA) is 90.4 Å². The van der Waals surface area contributed by atoms with E-state index < -0.39 is 0 Å². The molecule has 0 aromatic heterocycles. The van der Waals surface area contributed by atoms with Crippen LogP contribution in [0.15, 0.2) is 18.2 Å². The Morgan fingerprint density at radius 1 is 1.57 bits per heavy atom. The first-order valence-corrected chi connectivity index (χ1v) is 4.22. The van der Waals surface area contributed by atoms with Gasteiger partial charge in [0.1, 0.15) is 0 Å². The molecule has 0 aliphatic carbocycles. The molecule has 0 unspecified atom stereocenters. The molecule has 0 atom stereocenters. The molecular weight excluding hydrogens is 182 g/mol. The highest BCUT2D eigenvalue weighted by atomic mass is 16.5. The average Bonchev–Trinajstić information content (AvgIpc) is 2.19. The van der Waals surface area contributed by atoms with E-state index in [4.69, 9.17) is 16.3 Å². The average molecular weight is 195 g/mol. The van der Waals surface area contributed by atoms with Crippen LogP contribution in [0.2, 0.25) is 0 Å². The highest BCUT2D eigenvalue weighted by Crippen LogP contribution is 2.19. The van der Waals surface area contributed by atoms with Gasteiger partial charge in [0.25, 0.3) is 0 Å². The predicted octanol–water partition coefficient (Wildman–Crippen LogP) is 0.731. The third-order valence-electron chi connectivity index (χ3n) is 1.72. The second kappa shape index (κ2) is 4.48. The van der Waals surface area contributed by atoms with Gasteiger partial charge < -0.3 is 15.9 Å². The number of carbonyl (C=O) groups is 1. The van der Waals surface area contributed by atoms with Crippen molar-refractivity contribution < 1.29 is 9.53 Å². The summed E-state index contributed by atoms with van der Waals surface area (Å²) in [6, 6.07) is 4.74. The molecule has 5 N–H and O–H groups in total. The van der Waals surface area contributed by atoms with Crippen molar-refractivity contribution >= 4 is 17.3 Å². The Morgan fingerprint density at radius 2 is 2.29 bits per heavy atom. The molecule has 5 heteroatoms. The van der Waals surface area contributed by atoms with Gasteiger partial charge >= 0.3 is 5.97 Å². The number of carbonyl (C=O) groups excluding carboxylic acids is 1. The standard InChI is InChI=1S/C9H13N3O2/c1-2-14-9(13)6-3-4-7(10)8(5-6)12-11/h3-5,12H,2,10-11H2,1H3. The van der Waals surface area contributed by atoms with Crippen molar-refractivity contribution in [2.75, 3.05) is 17.8 Å². The van der Waals surface area contributed by atoms with Crippen LogP contribution in [-0.4, -0.2) is 12.6 Å². The molecule has 0 saturated heterocycles. The molecule has 14 heavy (non-hydrogen) atoms. The number of nitrogens with one attached hydrogen (secondary N) is 1. The Hall–Kier alpha value is -1.75. The lowest BCUT2D eigenvalue weighted by Gasteiger charge is -2.06. The maximum atomic E-state index is 11.3. The lowest BCUT2D eigenvalue weighted by atomic mass is 10.2. The van der Waals surface area contributed by atoms with E-state index in [0.717, 1.165) is 0 Å². The molecule has 0 aliphatic rings. The Balaban J connectivity index is 2.94. The smallest absolute Gasteiger partial charge is 0.338 e. The molecule has 0 bridgehead atoms. The van der Waals surface area contributed by atoms with Gasteiger partial charge in [0.2, 0.25) is 0 Å². The van der Waals surface area contributed by atoms with Crippen molar-refractivity contribution in [1.29, 1.82) is 0 Å². The molecule has 1 aromatic carbocycles. The second-order valence-electron chi connectivity index (χ2n) is 2.67. The summed E-state index contributed by atoms with van der Waals surface area (Å²) in [4.78, 5) is 11.3. The third kappa shape index (κ3) is 2.14. The van der Waals surface area contributed by atoms with Crippen LogP contribution in [0.4, 0.5) is 11.4 Å². The van der Waals surface area contributed by atoms with Crippen molar-refractivity contribution in [3.63, 3.8) is 0 Å². The monoisotopic (exact) mass is 195 g/mol. The number of nitrogens with two attached hydrogens (primary N) is 2. The molecule has 1 rings (SSSR count). The fourth-order valence-electron chi connectivity index (χ4n) is 1.02. The fraction of sp³-hybridized carbons (Fsp3) is 0.222. The number of rotatable bonds is 3. The fourth-order valence-corrected chi connectivity index (χ4v) is 1.02. The number of hydrazine groups is 1. The molecule has 1 aromatic rings. The van der Waals surface area contributed by atoms with E-state index in [-0.39, 0.29) is 5.97 Å². The molecule has 0 heterocycles. The van der Waals surface area contributed by atoms with Gasteiger partial charge in [-0.25, -0.2) is 4.79 Å². The van der Waals surface area contributed by atoms with Crippen LogP contribution in [0, 0.1) is 0 Å². The normalized spacial score (nSPS) is 9.57. The summed E-state index contributed by atoms with van der Waals surface area (Å²) in [7, 11) is 0. The SMILES string of the molecule is CCOC(=O)c1ccc(N)c(NN)c1. The minimum atomic E-state index is -0.385. The van der Waals surface area contributed by atoms with Gasteiger partial charge in [0.15, 0.2) is 0 Å². The van der Waals surface area contributed by atoms with Gasteiger partial charge in [-0.15, -0.1) is 0 Å². The highest BCUT2D eigenvalue weighted by molar-refractivity contribution is 5.91. The highest BCUT2D eigenvalue weighted by Gasteiger charge is 2.08. The number of nitrogen functional groups attached to an aromatic ring is 2. The first kappa shape index (κ1) is 10.3. The van der Waals surface area contributed by atoms with Gasteiger partial charge in [0.05, 0.1) is 23.5 Å². The van der Waals surface area contributed by atoms with E-state index in [9.17, 15) is 4.79 Å². The van der Waals surface area contributed by atoms with Crippen LogP contribution in [-0.2, 0) is 4.74 Å². The first-order chi connectivity index (χ1) is 6.69. The maximum Gasteiger partial charge on any atom is 0.338 e. The van der Waals surface area contributed by atoms with Gasteiger partial charge in [-0.3, -0.25) is 5.84 Å². The number of esters is 1. The summed E-state index contributed by atoms with van der Waals surface area (Å²) in [5.41, 5.74) is 9.40. The summed E-state index contributed by atoms with van der Waals surface area (Å²) in [6.07, 6.45) is 0. The van der Waals surface area contributed by atoms with Gasteiger partial charge in [0, 0.05) is 0 Å². The zero-order valence-corrected chi connectivity index (χ0v) is 7.91. The largest absolute Gasteiger partial charge is 0.462 e. The van der Waals surface area contributed by atoms with Crippen molar-refractivity contribution in [3.05, 3.63) is 23.8 Å². The molecule has 0 aliphatic heterocycles. The summed E-state index contributed by atoms with van der Waals surface area (Å²) < 4.78 is 4.82. The summed E-state index contributed by atoms with van der Waals surface area (Å²) >= 11 is 0. The van der Waals surface area contributed by atoms with Crippen LogP contribution < -0.4 is 17.0 Å². The first-order valence-electron chi connectivity index (χ1n) is 4.22. The van der Waals surface area contributed by atoms with Crippen LogP contribution in [0.3, 0.4) is 0 Å². The number of hydrogen-bond donors (Lipinski definition) is 3. The van der Waals surface area contributed by atoms with E-state index >= 15 is 0 Å². The zero-order valence-electron chi connectivity index (χ0n) is 7.91. The molecule has 0 radical (unpaired) electrons. The summed E-state index contributed by atoms with van der Waals surface area (Å²) in [5.74, 6) is 4.83. The molecule has 0 spiro atoms. The van der Waals surface area contributed by atoms with Crippen LogP contribution in [0.5, 0.6) is 0 Å². The lowest BCUT2D eigenvalue weighted by Crippen LogP contribution is -2.11. The van der Waals surface area contributed by atoms with E-state index in [1.807, 2.05) is 0 Å². The summed E-state index contributed by atoms with van der Waals surface area (Å²) in [5, 5.41) is 0. The Bertz CT molecular complexity index is 339. The van der Waals surface area contributed by atoms with Crippen molar-refractivity contribution in [1.82, 2.24) is 0 Å². The van der Waals surface area contributed by atoms with Crippen molar-refractivity contribution in [2.45, 2.75) is 6.92 Å². The van der Waals surface area contributed by atoms with E-state index in [0.29, 0.717) is 23.5 Å². The predicted molar refractivity (Wildman–Crippen MR) is 54.6 cm³/mol. The molecule has 0 amide bonds. The lowest BCUT2D eigenvalue weighted by molar-refractivity contribution is 0.0526. The Morgan fingerprint density at radius 3 is 2.86 bits per heavy atom. The number of hydrogen-bond acceptors (Lipinski definition) is 5. The molecule has 76 valence electrons. The number of ether oxygens (including phenoxy) is 1. The van der Waals surface area contributed by atoms with Gasteiger partial charge in [-0.05, 0) is 25.1 Å². The second-order valence-corrected chi connectivity index (χ2v) is 2.67. The Labute approximate surface area is 82.0 Å². The van der Waals surface area contributed by atoms with E-state index in [2.05, 4.69) is 5.43 Å². The maximum absolute atomic E-state index is 11.3. The number of benzene rings is 1. The molecule has 0 saturated carbocycles. The van der Waals surface area contributed by atoms with Crippen molar-refractivity contribution in [3.8, 4) is 0 Å². The summed E-state index contributed by atoms with van der Waals surface area (Å²) in [6.45, 7) is 2.09. The van der Waals surface area contributed by atoms with Gasteiger partial charge in [-0.2, -0.15) is 0 Å². The van der Waals surface area contributed by atoms with E-state index in [1.54, 1.807) is 25.1 Å². The van der Waals surface area contributed by atoms with E-state index in [1.165, 1.54) is 0 Å². The van der Waals surface area contributed by atoms with Crippen LogP contribution in [0.25, 0.3) is 0 Å². The third-order valence-corrected chi connectivity index (χ3v) is 1.72.